The number of benzene rings is 8. The van der Waals surface area contributed by atoms with Gasteiger partial charge in [-0.25, -0.2) is 0 Å². The summed E-state index contributed by atoms with van der Waals surface area (Å²) in [6, 6.07) is 65.2. The Morgan fingerprint density at radius 2 is 0.943 bits per heavy atom. The summed E-state index contributed by atoms with van der Waals surface area (Å²) < 4.78 is 0. The molecule has 1 heteroatoms. The SMILES string of the molecule is CC1(C)c2ccccc2-c2ccc(N(c3ccc(-c4cc5ccccc5c5c4-c4ccccc4C5(C)C)cc3)c3ccccc3-c3ccccc3)cc21. The number of rotatable bonds is 5. The molecule has 0 amide bonds. The van der Waals surface area contributed by atoms with Gasteiger partial charge in [0.15, 0.2) is 0 Å². The van der Waals surface area contributed by atoms with Crippen molar-refractivity contribution in [2.75, 3.05) is 4.90 Å². The lowest BCUT2D eigenvalue weighted by Gasteiger charge is -2.30. The smallest absolute Gasteiger partial charge is 0.0540 e. The lowest BCUT2D eigenvalue weighted by molar-refractivity contribution is 0.660. The van der Waals surface area contributed by atoms with Gasteiger partial charge < -0.3 is 4.90 Å². The normalized spacial score (nSPS) is 14.3. The first-order valence-corrected chi connectivity index (χ1v) is 18.8. The maximum atomic E-state index is 2.45. The first-order chi connectivity index (χ1) is 25.8. The highest BCUT2D eigenvalue weighted by Crippen LogP contribution is 2.55. The van der Waals surface area contributed by atoms with Crippen molar-refractivity contribution >= 4 is 27.8 Å². The van der Waals surface area contributed by atoms with E-state index in [-0.39, 0.29) is 10.8 Å². The average Bonchev–Trinajstić information content (AvgIpc) is 3.58. The largest absolute Gasteiger partial charge is 0.310 e. The van der Waals surface area contributed by atoms with Crippen LogP contribution in [0.3, 0.4) is 0 Å². The van der Waals surface area contributed by atoms with Gasteiger partial charge in [-0.2, -0.15) is 0 Å². The third-order valence-corrected chi connectivity index (χ3v) is 12.0. The fraction of sp³-hybridized carbons (Fsp3) is 0.115. The molecule has 0 atom stereocenters. The molecule has 0 radical (unpaired) electrons. The van der Waals surface area contributed by atoms with Crippen LogP contribution < -0.4 is 4.90 Å². The van der Waals surface area contributed by atoms with Crippen molar-refractivity contribution in [2.45, 2.75) is 38.5 Å². The summed E-state index contributed by atoms with van der Waals surface area (Å²) in [6.07, 6.45) is 0. The van der Waals surface area contributed by atoms with Gasteiger partial charge in [-0.3, -0.25) is 0 Å². The Balaban J connectivity index is 1.17. The fourth-order valence-corrected chi connectivity index (χ4v) is 9.46. The van der Waals surface area contributed by atoms with Gasteiger partial charge in [0.05, 0.1) is 5.69 Å². The highest BCUT2D eigenvalue weighted by molar-refractivity contribution is 6.05. The van der Waals surface area contributed by atoms with E-state index in [1.165, 1.54) is 77.5 Å². The van der Waals surface area contributed by atoms with Crippen LogP contribution in [0.5, 0.6) is 0 Å². The lowest BCUT2D eigenvalue weighted by Crippen LogP contribution is -2.16. The number of para-hydroxylation sites is 1. The van der Waals surface area contributed by atoms with Crippen molar-refractivity contribution < 1.29 is 0 Å². The second-order valence-corrected chi connectivity index (χ2v) is 15.7. The van der Waals surface area contributed by atoms with Gasteiger partial charge in [0.2, 0.25) is 0 Å². The Morgan fingerprint density at radius 3 is 1.72 bits per heavy atom. The summed E-state index contributed by atoms with van der Waals surface area (Å²) in [5, 5.41) is 2.63. The summed E-state index contributed by atoms with van der Waals surface area (Å²) in [4.78, 5) is 2.45. The Hall–Kier alpha value is -6.18. The Kier molecular flexibility index (Phi) is 6.94. The van der Waals surface area contributed by atoms with Crippen LogP contribution in [0.15, 0.2) is 176 Å². The Labute approximate surface area is 312 Å². The summed E-state index contributed by atoms with van der Waals surface area (Å²) in [5.41, 5.74) is 19.1. The molecule has 2 aliphatic carbocycles. The molecule has 53 heavy (non-hydrogen) atoms. The van der Waals surface area contributed by atoms with Crippen molar-refractivity contribution in [3.8, 4) is 44.5 Å². The topological polar surface area (TPSA) is 3.24 Å². The van der Waals surface area contributed by atoms with Crippen LogP contribution in [0, 0.1) is 0 Å². The quantitative estimate of drug-likeness (QED) is 0.175. The van der Waals surface area contributed by atoms with Gasteiger partial charge in [-0.05, 0) is 108 Å². The maximum absolute atomic E-state index is 2.45. The van der Waals surface area contributed by atoms with Crippen LogP contribution in [0.25, 0.3) is 55.3 Å². The van der Waals surface area contributed by atoms with Crippen molar-refractivity contribution in [2.24, 2.45) is 0 Å². The minimum absolute atomic E-state index is 0.0968. The maximum Gasteiger partial charge on any atom is 0.0540 e. The first kappa shape index (κ1) is 31.5. The first-order valence-electron chi connectivity index (χ1n) is 18.8. The second-order valence-electron chi connectivity index (χ2n) is 15.7. The average molecular weight is 680 g/mol. The van der Waals surface area contributed by atoms with E-state index in [4.69, 9.17) is 0 Å². The summed E-state index contributed by atoms with van der Waals surface area (Å²) in [7, 11) is 0. The number of anilines is 3. The molecule has 0 saturated heterocycles. The van der Waals surface area contributed by atoms with E-state index >= 15 is 0 Å². The minimum Gasteiger partial charge on any atom is -0.310 e. The van der Waals surface area contributed by atoms with Gasteiger partial charge in [-0.15, -0.1) is 0 Å². The van der Waals surface area contributed by atoms with Crippen molar-refractivity contribution in [1.29, 1.82) is 0 Å². The predicted octanol–water partition coefficient (Wildman–Crippen LogP) is 14.3. The van der Waals surface area contributed by atoms with E-state index in [1.807, 2.05) is 0 Å². The van der Waals surface area contributed by atoms with Crippen LogP contribution in [-0.4, -0.2) is 0 Å². The highest BCUT2D eigenvalue weighted by Gasteiger charge is 2.39. The molecule has 0 aliphatic heterocycles. The molecular formula is C52H41N. The van der Waals surface area contributed by atoms with E-state index in [0.29, 0.717) is 0 Å². The van der Waals surface area contributed by atoms with Crippen molar-refractivity contribution in [3.63, 3.8) is 0 Å². The molecule has 0 unspecified atom stereocenters. The lowest BCUT2D eigenvalue weighted by atomic mass is 9.79. The number of hydrogen-bond acceptors (Lipinski definition) is 1. The molecule has 0 N–H and O–H groups in total. The molecule has 0 heterocycles. The monoisotopic (exact) mass is 679 g/mol. The molecule has 2 aliphatic rings. The summed E-state index contributed by atoms with van der Waals surface area (Å²) >= 11 is 0. The zero-order chi connectivity index (χ0) is 35.9. The van der Waals surface area contributed by atoms with Crippen molar-refractivity contribution in [3.05, 3.63) is 198 Å². The summed E-state index contributed by atoms with van der Waals surface area (Å²) in [5.74, 6) is 0. The molecule has 1 nitrogen and oxygen atoms in total. The molecule has 0 spiro atoms. The highest BCUT2D eigenvalue weighted by atomic mass is 15.1. The second kappa shape index (κ2) is 11.7. The van der Waals surface area contributed by atoms with Crippen LogP contribution in [0.2, 0.25) is 0 Å². The zero-order valence-electron chi connectivity index (χ0n) is 30.7. The number of fused-ring (bicyclic) bond motifs is 8. The van der Waals surface area contributed by atoms with E-state index in [9.17, 15) is 0 Å². The third kappa shape index (κ3) is 4.70. The van der Waals surface area contributed by atoms with Crippen LogP contribution >= 0.6 is 0 Å². The molecule has 254 valence electrons. The zero-order valence-corrected chi connectivity index (χ0v) is 30.7. The van der Waals surface area contributed by atoms with Gasteiger partial charge >= 0.3 is 0 Å². The van der Waals surface area contributed by atoms with Crippen LogP contribution in [-0.2, 0) is 10.8 Å². The van der Waals surface area contributed by atoms with E-state index in [2.05, 4.69) is 209 Å². The molecular weight excluding hydrogens is 639 g/mol. The fourth-order valence-electron chi connectivity index (χ4n) is 9.46. The summed E-state index contributed by atoms with van der Waals surface area (Å²) in [6.45, 7) is 9.49. The third-order valence-electron chi connectivity index (χ3n) is 12.0. The molecule has 8 aromatic rings. The Bertz CT molecular complexity index is 2710. The predicted molar refractivity (Wildman–Crippen MR) is 225 cm³/mol. The molecule has 8 aromatic carbocycles. The molecule has 10 rings (SSSR count). The molecule has 0 fully saturated rings. The number of hydrogen-bond donors (Lipinski definition) is 0. The molecule has 0 bridgehead atoms. The number of nitrogens with zero attached hydrogens (tertiary/aromatic N) is 1. The van der Waals surface area contributed by atoms with E-state index in [1.54, 1.807) is 0 Å². The van der Waals surface area contributed by atoms with Gasteiger partial charge in [0.1, 0.15) is 0 Å². The van der Waals surface area contributed by atoms with Crippen LogP contribution in [0.4, 0.5) is 17.1 Å². The van der Waals surface area contributed by atoms with Crippen LogP contribution in [0.1, 0.15) is 49.9 Å². The van der Waals surface area contributed by atoms with Crippen molar-refractivity contribution in [1.82, 2.24) is 0 Å². The Morgan fingerprint density at radius 1 is 0.377 bits per heavy atom. The van der Waals surface area contributed by atoms with E-state index < -0.39 is 0 Å². The van der Waals surface area contributed by atoms with Gasteiger partial charge in [0.25, 0.3) is 0 Å². The van der Waals surface area contributed by atoms with Gasteiger partial charge in [0, 0.05) is 27.8 Å². The minimum atomic E-state index is -0.100. The standard InChI is InChI=1S/C52H41N/c1-51(2)45-23-13-10-21-41(45)42-31-30-38(33-47(42)51)53(48-25-15-12-19-39(48)34-16-6-5-7-17-34)37-28-26-35(27-29-37)44-32-36-18-8-9-20-40(36)50-49(44)43-22-11-14-24-46(43)52(50,3)4/h5-33H,1-4H3. The molecule has 0 saturated carbocycles. The van der Waals surface area contributed by atoms with Gasteiger partial charge in [-0.1, -0.05) is 167 Å². The van der Waals surface area contributed by atoms with E-state index in [0.717, 1.165) is 17.1 Å². The molecule has 0 aromatic heterocycles.